The van der Waals surface area contributed by atoms with Crippen LogP contribution in [0.5, 0.6) is 0 Å². The maximum absolute atomic E-state index is 14.6. The summed E-state index contributed by atoms with van der Waals surface area (Å²) in [4.78, 5) is 12.0. The van der Waals surface area contributed by atoms with Crippen LogP contribution in [0.1, 0.15) is 48.0 Å². The van der Waals surface area contributed by atoms with Crippen LogP contribution in [-0.2, 0) is 19.0 Å². The van der Waals surface area contributed by atoms with Crippen molar-refractivity contribution in [3.05, 3.63) is 0 Å². The minimum absolute atomic E-state index is 0.320. The Morgan fingerprint density at radius 3 is 2.00 bits per heavy atom. The highest BCUT2D eigenvalue weighted by Crippen LogP contribution is 2.55. The van der Waals surface area contributed by atoms with E-state index in [1.54, 1.807) is 6.92 Å². The van der Waals surface area contributed by atoms with Crippen molar-refractivity contribution in [2.24, 2.45) is 5.41 Å². The van der Waals surface area contributed by atoms with Gasteiger partial charge >= 0.3 is 23.9 Å². The van der Waals surface area contributed by atoms with Crippen molar-refractivity contribution in [1.29, 1.82) is 0 Å². The summed E-state index contributed by atoms with van der Waals surface area (Å²) in [5.41, 5.74) is -3.99. The molecule has 0 amide bonds. The standard InChI is InChI=1S/C15H23F5O5/c1-7-10(2,3)9(21)23-8-12(6)13(16,17)14(22,15(18,19)20)25-11(4,5)24-12/h22H,7-8H2,1-6H3. The van der Waals surface area contributed by atoms with Gasteiger partial charge in [-0.15, -0.1) is 0 Å². The van der Waals surface area contributed by atoms with Crippen molar-refractivity contribution < 1.29 is 46.1 Å². The van der Waals surface area contributed by atoms with E-state index in [9.17, 15) is 31.9 Å². The Kier molecular flexibility index (Phi) is 5.31. The van der Waals surface area contributed by atoms with Gasteiger partial charge in [0.1, 0.15) is 6.61 Å². The molecule has 0 spiro atoms. The molecule has 1 fully saturated rings. The number of halogens is 5. The number of aliphatic hydroxyl groups is 1. The quantitative estimate of drug-likeness (QED) is 0.600. The topological polar surface area (TPSA) is 65.0 Å². The number of alkyl halides is 5. The van der Waals surface area contributed by atoms with E-state index in [-0.39, 0.29) is 0 Å². The van der Waals surface area contributed by atoms with Gasteiger partial charge in [0.25, 0.3) is 0 Å². The predicted octanol–water partition coefficient (Wildman–Crippen LogP) is 3.39. The Hall–Kier alpha value is -1.00. The van der Waals surface area contributed by atoms with Gasteiger partial charge in [-0.1, -0.05) is 6.92 Å². The lowest BCUT2D eigenvalue weighted by molar-refractivity contribution is -0.541. The Labute approximate surface area is 142 Å². The summed E-state index contributed by atoms with van der Waals surface area (Å²) in [7, 11) is 0. The SMILES string of the molecule is CCC(C)(C)C(=O)OCC1(C)OC(C)(C)OC(O)(C(F)(F)F)C1(F)F. The zero-order chi connectivity index (χ0) is 20.1. The van der Waals surface area contributed by atoms with Gasteiger partial charge in [0, 0.05) is 0 Å². The van der Waals surface area contributed by atoms with E-state index in [0.29, 0.717) is 13.3 Å². The van der Waals surface area contributed by atoms with Crippen molar-refractivity contribution >= 4 is 5.97 Å². The summed E-state index contributed by atoms with van der Waals surface area (Å²) >= 11 is 0. The van der Waals surface area contributed by atoms with E-state index in [1.807, 2.05) is 0 Å². The molecule has 1 heterocycles. The van der Waals surface area contributed by atoms with Crippen LogP contribution in [-0.4, -0.2) is 47.0 Å². The third kappa shape index (κ3) is 3.61. The molecule has 1 saturated heterocycles. The summed E-state index contributed by atoms with van der Waals surface area (Å²) < 4.78 is 82.4. The fourth-order valence-corrected chi connectivity index (χ4v) is 2.30. The Balaban J connectivity index is 3.24. The van der Waals surface area contributed by atoms with Crippen LogP contribution >= 0.6 is 0 Å². The second kappa shape index (κ2) is 6.02. The number of esters is 1. The first-order chi connectivity index (χ1) is 10.9. The molecule has 10 heteroatoms. The number of carbonyl (C=O) groups is 1. The molecule has 1 N–H and O–H groups in total. The summed E-state index contributed by atoms with van der Waals surface area (Å²) in [6.45, 7) is 5.96. The molecule has 0 saturated carbocycles. The van der Waals surface area contributed by atoms with Crippen molar-refractivity contribution in [1.82, 2.24) is 0 Å². The Morgan fingerprint density at radius 2 is 1.60 bits per heavy atom. The number of ether oxygens (including phenoxy) is 3. The maximum Gasteiger partial charge on any atom is 0.449 e. The Bertz CT molecular complexity index is 531. The largest absolute Gasteiger partial charge is 0.462 e. The molecule has 25 heavy (non-hydrogen) atoms. The molecule has 2 atom stereocenters. The smallest absolute Gasteiger partial charge is 0.449 e. The summed E-state index contributed by atoms with van der Waals surface area (Å²) in [6.07, 6.45) is -5.49. The van der Waals surface area contributed by atoms with Crippen molar-refractivity contribution in [2.75, 3.05) is 6.61 Å². The highest BCUT2D eigenvalue weighted by molar-refractivity contribution is 5.75. The van der Waals surface area contributed by atoms with Crippen molar-refractivity contribution in [3.8, 4) is 0 Å². The fourth-order valence-electron chi connectivity index (χ4n) is 2.30. The highest BCUT2D eigenvalue weighted by Gasteiger charge is 2.82. The van der Waals surface area contributed by atoms with E-state index in [0.717, 1.165) is 13.8 Å². The molecule has 2 unspecified atom stereocenters. The van der Waals surface area contributed by atoms with E-state index in [4.69, 9.17) is 9.47 Å². The third-order valence-electron chi connectivity index (χ3n) is 4.25. The molecule has 0 aromatic carbocycles. The molecule has 1 aliphatic heterocycles. The van der Waals surface area contributed by atoms with Gasteiger partial charge in [-0.3, -0.25) is 4.79 Å². The van der Waals surface area contributed by atoms with Gasteiger partial charge in [0.2, 0.25) is 0 Å². The molecule has 148 valence electrons. The van der Waals surface area contributed by atoms with Crippen LogP contribution in [0.4, 0.5) is 22.0 Å². The maximum atomic E-state index is 14.6. The van der Waals surface area contributed by atoms with Crippen LogP contribution in [0, 0.1) is 5.41 Å². The molecule has 1 rings (SSSR count). The third-order valence-corrected chi connectivity index (χ3v) is 4.25. The minimum Gasteiger partial charge on any atom is -0.462 e. The lowest BCUT2D eigenvalue weighted by Gasteiger charge is -2.54. The van der Waals surface area contributed by atoms with Gasteiger partial charge in [0.15, 0.2) is 11.4 Å². The zero-order valence-corrected chi connectivity index (χ0v) is 14.9. The van der Waals surface area contributed by atoms with Crippen LogP contribution in [0.15, 0.2) is 0 Å². The van der Waals surface area contributed by atoms with Crippen molar-refractivity contribution in [2.45, 2.75) is 77.2 Å². The molecular formula is C15H23F5O5. The van der Waals surface area contributed by atoms with Crippen LogP contribution in [0.3, 0.4) is 0 Å². The molecule has 0 aromatic rings. The monoisotopic (exact) mass is 378 g/mol. The van der Waals surface area contributed by atoms with E-state index in [1.165, 1.54) is 13.8 Å². The number of hydrogen-bond acceptors (Lipinski definition) is 5. The van der Waals surface area contributed by atoms with Gasteiger partial charge in [-0.2, -0.15) is 22.0 Å². The molecular weight excluding hydrogens is 355 g/mol. The lowest BCUT2D eigenvalue weighted by Crippen LogP contribution is -2.77. The molecule has 0 aliphatic carbocycles. The van der Waals surface area contributed by atoms with Gasteiger partial charge in [-0.25, -0.2) is 0 Å². The molecule has 0 radical (unpaired) electrons. The van der Waals surface area contributed by atoms with E-state index >= 15 is 0 Å². The van der Waals surface area contributed by atoms with Crippen LogP contribution < -0.4 is 0 Å². The number of carbonyl (C=O) groups excluding carboxylic acids is 1. The summed E-state index contributed by atoms with van der Waals surface area (Å²) in [5.74, 6) is -12.9. The highest BCUT2D eigenvalue weighted by atomic mass is 19.4. The second-order valence-corrected chi connectivity index (χ2v) is 7.36. The lowest BCUT2D eigenvalue weighted by atomic mass is 9.87. The minimum atomic E-state index is -5.81. The average molecular weight is 378 g/mol. The van der Waals surface area contributed by atoms with Gasteiger partial charge in [0.05, 0.1) is 5.41 Å². The summed E-state index contributed by atoms with van der Waals surface area (Å²) in [6, 6.07) is 0. The fraction of sp³-hybridized carbons (Fsp3) is 0.933. The predicted molar refractivity (Wildman–Crippen MR) is 75.6 cm³/mol. The first-order valence-electron chi connectivity index (χ1n) is 7.60. The molecule has 0 bridgehead atoms. The summed E-state index contributed by atoms with van der Waals surface area (Å²) in [5, 5.41) is 9.66. The molecule has 5 nitrogen and oxygen atoms in total. The van der Waals surface area contributed by atoms with E-state index in [2.05, 4.69) is 4.74 Å². The first kappa shape index (κ1) is 22.0. The Morgan fingerprint density at radius 1 is 1.12 bits per heavy atom. The zero-order valence-electron chi connectivity index (χ0n) is 14.9. The number of rotatable bonds is 4. The first-order valence-corrected chi connectivity index (χ1v) is 7.60. The van der Waals surface area contributed by atoms with Gasteiger partial charge < -0.3 is 19.3 Å². The normalized spacial score (nSPS) is 32.3. The molecule has 1 aliphatic rings. The molecule has 0 aromatic heterocycles. The van der Waals surface area contributed by atoms with E-state index < -0.39 is 47.3 Å². The van der Waals surface area contributed by atoms with Gasteiger partial charge in [-0.05, 0) is 41.0 Å². The van der Waals surface area contributed by atoms with Crippen LogP contribution in [0.25, 0.3) is 0 Å². The van der Waals surface area contributed by atoms with Crippen LogP contribution in [0.2, 0.25) is 0 Å². The second-order valence-electron chi connectivity index (χ2n) is 7.36. The average Bonchev–Trinajstić information content (AvgIpc) is 2.40. The van der Waals surface area contributed by atoms with Crippen molar-refractivity contribution in [3.63, 3.8) is 0 Å². The number of hydrogen-bond donors (Lipinski definition) is 1.